The van der Waals surface area contributed by atoms with Crippen LogP contribution >= 0.6 is 11.6 Å². The number of carbonyl (C=O) groups is 1. The molecule has 0 aromatic heterocycles. The first-order chi connectivity index (χ1) is 7.54. The molecule has 0 saturated carbocycles. The van der Waals surface area contributed by atoms with Crippen molar-refractivity contribution in [1.29, 1.82) is 0 Å². The topological polar surface area (TPSA) is 29.1 Å². The zero-order chi connectivity index (χ0) is 12.1. The van der Waals surface area contributed by atoms with Gasteiger partial charge in [-0.2, -0.15) is 0 Å². The second kappa shape index (κ2) is 5.85. The summed E-state index contributed by atoms with van der Waals surface area (Å²) in [6, 6.07) is 5.50. The second-order valence-corrected chi connectivity index (χ2v) is 4.30. The predicted octanol–water partition coefficient (Wildman–Crippen LogP) is 2.82. The number of hydrogen-bond acceptors (Lipinski definition) is 1. The highest BCUT2D eigenvalue weighted by Crippen LogP contribution is 2.07. The molecule has 88 valence electrons. The van der Waals surface area contributed by atoms with E-state index in [1.165, 1.54) is 18.2 Å². The van der Waals surface area contributed by atoms with Crippen LogP contribution < -0.4 is 5.32 Å². The zero-order valence-electron chi connectivity index (χ0n) is 9.34. The lowest BCUT2D eigenvalue weighted by Gasteiger charge is -2.19. The fourth-order valence-electron chi connectivity index (χ4n) is 1.26. The number of hydrogen-bond donors (Lipinski definition) is 1. The van der Waals surface area contributed by atoms with Crippen molar-refractivity contribution in [2.24, 2.45) is 5.92 Å². The molecule has 2 nitrogen and oxygen atoms in total. The number of carbonyl (C=O) groups excluding carboxylic acids is 1. The molecule has 0 fully saturated rings. The summed E-state index contributed by atoms with van der Waals surface area (Å²) < 4.78 is 12.9. The molecule has 4 heteroatoms. The van der Waals surface area contributed by atoms with Gasteiger partial charge in [0.2, 0.25) is 0 Å². The summed E-state index contributed by atoms with van der Waals surface area (Å²) in [6.07, 6.45) is 0. The average Bonchev–Trinajstić information content (AvgIpc) is 2.25. The van der Waals surface area contributed by atoms with E-state index in [9.17, 15) is 9.18 Å². The van der Waals surface area contributed by atoms with Gasteiger partial charge in [-0.3, -0.25) is 4.79 Å². The first-order valence-corrected chi connectivity index (χ1v) is 5.70. The Labute approximate surface area is 99.8 Å². The van der Waals surface area contributed by atoms with Gasteiger partial charge in [0, 0.05) is 17.5 Å². The molecule has 0 aliphatic carbocycles. The maximum absolute atomic E-state index is 12.9. The molecular formula is C12H15ClFNO. The summed E-state index contributed by atoms with van der Waals surface area (Å²) in [5.74, 6) is -0.118. The van der Waals surface area contributed by atoms with Gasteiger partial charge in [-0.15, -0.1) is 11.6 Å². The molecule has 1 unspecified atom stereocenters. The van der Waals surface area contributed by atoms with E-state index in [1.807, 2.05) is 13.8 Å². The molecule has 1 aromatic rings. The Hall–Kier alpha value is -1.09. The van der Waals surface area contributed by atoms with Crippen molar-refractivity contribution in [1.82, 2.24) is 5.32 Å². The molecule has 0 aliphatic rings. The molecule has 1 amide bonds. The van der Waals surface area contributed by atoms with Gasteiger partial charge >= 0.3 is 0 Å². The van der Waals surface area contributed by atoms with E-state index in [2.05, 4.69) is 5.32 Å². The zero-order valence-corrected chi connectivity index (χ0v) is 10.1. The summed E-state index contributed by atoms with van der Waals surface area (Å²) in [5, 5.41) is 2.77. The Bertz CT molecular complexity index is 368. The SMILES string of the molecule is CC(C)C(CCl)NC(=O)c1cccc(F)c1. The third-order valence-electron chi connectivity index (χ3n) is 2.37. The third kappa shape index (κ3) is 3.49. The van der Waals surface area contributed by atoms with Crippen LogP contribution in [0.1, 0.15) is 24.2 Å². The maximum atomic E-state index is 12.9. The molecule has 1 rings (SSSR count). The van der Waals surface area contributed by atoms with Gasteiger partial charge in [0.25, 0.3) is 5.91 Å². The highest BCUT2D eigenvalue weighted by molar-refractivity contribution is 6.18. The van der Waals surface area contributed by atoms with Gasteiger partial charge in [-0.25, -0.2) is 4.39 Å². The number of benzene rings is 1. The van der Waals surface area contributed by atoms with Gasteiger partial charge in [-0.05, 0) is 24.1 Å². The van der Waals surface area contributed by atoms with Crippen molar-refractivity contribution in [2.45, 2.75) is 19.9 Å². The third-order valence-corrected chi connectivity index (χ3v) is 2.71. The quantitative estimate of drug-likeness (QED) is 0.810. The highest BCUT2D eigenvalue weighted by atomic mass is 35.5. The molecular weight excluding hydrogens is 229 g/mol. The monoisotopic (exact) mass is 243 g/mol. The van der Waals surface area contributed by atoms with Crippen molar-refractivity contribution in [2.75, 3.05) is 5.88 Å². The number of rotatable bonds is 4. The lowest BCUT2D eigenvalue weighted by atomic mass is 10.1. The molecule has 1 aromatic carbocycles. The van der Waals surface area contributed by atoms with E-state index >= 15 is 0 Å². The molecule has 1 N–H and O–H groups in total. The molecule has 0 radical (unpaired) electrons. The van der Waals surface area contributed by atoms with Crippen molar-refractivity contribution >= 4 is 17.5 Å². The van der Waals surface area contributed by atoms with Crippen LogP contribution in [-0.4, -0.2) is 17.8 Å². The van der Waals surface area contributed by atoms with Crippen LogP contribution in [0.25, 0.3) is 0 Å². The Morgan fingerprint density at radius 2 is 2.19 bits per heavy atom. The Morgan fingerprint density at radius 3 is 2.69 bits per heavy atom. The van der Waals surface area contributed by atoms with E-state index in [1.54, 1.807) is 6.07 Å². The van der Waals surface area contributed by atoms with Gasteiger partial charge < -0.3 is 5.32 Å². The molecule has 0 bridgehead atoms. The first-order valence-electron chi connectivity index (χ1n) is 5.17. The van der Waals surface area contributed by atoms with E-state index in [0.717, 1.165) is 0 Å². The maximum Gasteiger partial charge on any atom is 0.251 e. The normalized spacial score (nSPS) is 12.6. The largest absolute Gasteiger partial charge is 0.348 e. The Kier molecular flexibility index (Phi) is 4.74. The van der Waals surface area contributed by atoms with Crippen LogP contribution in [0.15, 0.2) is 24.3 Å². The van der Waals surface area contributed by atoms with E-state index in [4.69, 9.17) is 11.6 Å². The van der Waals surface area contributed by atoms with E-state index in [-0.39, 0.29) is 17.9 Å². The van der Waals surface area contributed by atoms with Crippen molar-refractivity contribution in [3.05, 3.63) is 35.6 Å². The first kappa shape index (κ1) is 13.0. The molecule has 0 heterocycles. The standard InChI is InChI=1S/C12H15ClFNO/c1-8(2)11(7-13)15-12(16)9-4-3-5-10(14)6-9/h3-6,8,11H,7H2,1-2H3,(H,15,16). The van der Waals surface area contributed by atoms with Crippen LogP contribution in [0.4, 0.5) is 4.39 Å². The summed E-state index contributed by atoms with van der Waals surface area (Å²) in [7, 11) is 0. The van der Waals surface area contributed by atoms with Crippen molar-refractivity contribution in [3.63, 3.8) is 0 Å². The predicted molar refractivity (Wildman–Crippen MR) is 63.2 cm³/mol. The minimum atomic E-state index is -0.417. The van der Waals surface area contributed by atoms with Crippen LogP contribution in [0.3, 0.4) is 0 Å². The number of amides is 1. The Morgan fingerprint density at radius 1 is 1.50 bits per heavy atom. The molecule has 0 saturated heterocycles. The smallest absolute Gasteiger partial charge is 0.251 e. The molecule has 0 aliphatic heterocycles. The summed E-state index contributed by atoms with van der Waals surface area (Å²) >= 11 is 5.74. The van der Waals surface area contributed by atoms with Crippen LogP contribution in [0.5, 0.6) is 0 Å². The number of alkyl halides is 1. The van der Waals surface area contributed by atoms with Crippen LogP contribution in [-0.2, 0) is 0 Å². The molecule has 16 heavy (non-hydrogen) atoms. The lowest BCUT2D eigenvalue weighted by molar-refractivity contribution is 0.0930. The van der Waals surface area contributed by atoms with Crippen molar-refractivity contribution < 1.29 is 9.18 Å². The summed E-state index contributed by atoms with van der Waals surface area (Å²) in [6.45, 7) is 3.94. The number of halogens is 2. The molecule has 0 spiro atoms. The van der Waals surface area contributed by atoms with Gasteiger partial charge in [-0.1, -0.05) is 19.9 Å². The van der Waals surface area contributed by atoms with Gasteiger partial charge in [0.15, 0.2) is 0 Å². The Balaban J connectivity index is 2.72. The van der Waals surface area contributed by atoms with Gasteiger partial charge in [0.1, 0.15) is 5.82 Å². The second-order valence-electron chi connectivity index (χ2n) is 3.99. The van der Waals surface area contributed by atoms with Crippen molar-refractivity contribution in [3.8, 4) is 0 Å². The average molecular weight is 244 g/mol. The minimum Gasteiger partial charge on any atom is -0.348 e. The van der Waals surface area contributed by atoms with Gasteiger partial charge in [0.05, 0.1) is 0 Å². The fourth-order valence-corrected chi connectivity index (χ4v) is 1.70. The molecule has 1 atom stereocenters. The highest BCUT2D eigenvalue weighted by Gasteiger charge is 2.16. The number of nitrogens with one attached hydrogen (secondary N) is 1. The van der Waals surface area contributed by atoms with Crippen LogP contribution in [0.2, 0.25) is 0 Å². The van der Waals surface area contributed by atoms with E-state index in [0.29, 0.717) is 11.4 Å². The minimum absolute atomic E-state index is 0.0996. The fraction of sp³-hybridized carbons (Fsp3) is 0.417. The summed E-state index contributed by atoms with van der Waals surface area (Å²) in [5.41, 5.74) is 0.316. The van der Waals surface area contributed by atoms with Crippen LogP contribution in [0, 0.1) is 11.7 Å². The van der Waals surface area contributed by atoms with E-state index < -0.39 is 5.82 Å². The lowest BCUT2D eigenvalue weighted by Crippen LogP contribution is -2.39. The summed E-state index contributed by atoms with van der Waals surface area (Å²) in [4.78, 5) is 11.7.